The maximum atomic E-state index is 13.2. The first-order chi connectivity index (χ1) is 9.10. The fourth-order valence-electron chi connectivity index (χ4n) is 2.11. The van der Waals surface area contributed by atoms with Crippen LogP contribution in [-0.4, -0.2) is 0 Å². The summed E-state index contributed by atoms with van der Waals surface area (Å²) in [6.45, 7) is 2.00. The van der Waals surface area contributed by atoms with Crippen LogP contribution >= 0.6 is 0 Å². The molecule has 0 amide bonds. The van der Waals surface area contributed by atoms with Crippen LogP contribution in [0.4, 0.5) is 8.78 Å². The maximum absolute atomic E-state index is 13.2. The highest BCUT2D eigenvalue weighted by Gasteiger charge is 2.13. The minimum Gasteiger partial charge on any atom is -0.271 e. The van der Waals surface area contributed by atoms with E-state index in [1.807, 2.05) is 31.2 Å². The molecule has 0 aliphatic rings. The minimum atomic E-state index is -0.597. The quantitative estimate of drug-likeness (QED) is 0.656. The van der Waals surface area contributed by atoms with E-state index in [2.05, 4.69) is 5.43 Å². The average molecular weight is 262 g/mol. The lowest BCUT2D eigenvalue weighted by Crippen LogP contribution is -2.30. The van der Waals surface area contributed by atoms with Crippen molar-refractivity contribution in [2.75, 3.05) is 0 Å². The molecule has 0 bridgehead atoms. The van der Waals surface area contributed by atoms with E-state index < -0.39 is 11.6 Å². The number of hydrogen-bond acceptors (Lipinski definition) is 2. The summed E-state index contributed by atoms with van der Waals surface area (Å²) in [7, 11) is 0. The second kappa shape index (κ2) is 5.91. The molecule has 19 heavy (non-hydrogen) atoms. The van der Waals surface area contributed by atoms with Gasteiger partial charge < -0.3 is 0 Å². The van der Waals surface area contributed by atoms with Crippen LogP contribution < -0.4 is 11.3 Å². The smallest absolute Gasteiger partial charge is 0.126 e. The predicted molar refractivity (Wildman–Crippen MR) is 71.3 cm³/mol. The van der Waals surface area contributed by atoms with Gasteiger partial charge in [0.2, 0.25) is 0 Å². The molecule has 0 saturated carbocycles. The third-order valence-corrected chi connectivity index (χ3v) is 3.17. The molecule has 0 spiro atoms. The number of rotatable bonds is 4. The van der Waals surface area contributed by atoms with E-state index in [0.717, 1.165) is 17.2 Å². The van der Waals surface area contributed by atoms with Gasteiger partial charge in [0, 0.05) is 6.07 Å². The molecule has 2 aromatic rings. The lowest BCUT2D eigenvalue weighted by atomic mass is 9.96. The van der Waals surface area contributed by atoms with Crippen LogP contribution in [0.25, 0.3) is 0 Å². The molecule has 100 valence electrons. The SMILES string of the molecule is Cc1ccccc1CC(NN)c1cc(F)cc(F)c1. The van der Waals surface area contributed by atoms with E-state index >= 15 is 0 Å². The van der Waals surface area contributed by atoms with Gasteiger partial charge >= 0.3 is 0 Å². The molecule has 0 aliphatic heterocycles. The summed E-state index contributed by atoms with van der Waals surface area (Å²) in [4.78, 5) is 0. The van der Waals surface area contributed by atoms with Crippen LogP contribution in [0.5, 0.6) is 0 Å². The Morgan fingerprint density at radius 3 is 2.32 bits per heavy atom. The Balaban J connectivity index is 2.28. The van der Waals surface area contributed by atoms with Crippen molar-refractivity contribution in [3.63, 3.8) is 0 Å². The molecule has 1 atom stereocenters. The van der Waals surface area contributed by atoms with Crippen molar-refractivity contribution in [3.05, 3.63) is 70.8 Å². The van der Waals surface area contributed by atoms with E-state index in [-0.39, 0.29) is 6.04 Å². The highest BCUT2D eigenvalue weighted by atomic mass is 19.1. The number of nitrogens with one attached hydrogen (secondary N) is 1. The van der Waals surface area contributed by atoms with Gasteiger partial charge in [-0.1, -0.05) is 24.3 Å². The molecule has 0 heterocycles. The normalized spacial score (nSPS) is 12.4. The minimum absolute atomic E-state index is 0.328. The highest BCUT2D eigenvalue weighted by molar-refractivity contribution is 5.29. The second-order valence-corrected chi connectivity index (χ2v) is 4.55. The first kappa shape index (κ1) is 13.6. The van der Waals surface area contributed by atoms with E-state index in [0.29, 0.717) is 12.0 Å². The van der Waals surface area contributed by atoms with Crippen molar-refractivity contribution >= 4 is 0 Å². The Hall–Kier alpha value is -1.78. The van der Waals surface area contributed by atoms with Gasteiger partial charge in [-0.3, -0.25) is 11.3 Å². The van der Waals surface area contributed by atoms with Gasteiger partial charge in [-0.2, -0.15) is 0 Å². The van der Waals surface area contributed by atoms with Gasteiger partial charge in [0.05, 0.1) is 6.04 Å². The number of halogens is 2. The van der Waals surface area contributed by atoms with Crippen LogP contribution in [0.1, 0.15) is 22.7 Å². The molecule has 3 N–H and O–H groups in total. The maximum Gasteiger partial charge on any atom is 0.126 e. The lowest BCUT2D eigenvalue weighted by molar-refractivity contribution is 0.529. The van der Waals surface area contributed by atoms with Crippen molar-refractivity contribution in [3.8, 4) is 0 Å². The number of nitrogens with two attached hydrogens (primary N) is 1. The fourth-order valence-corrected chi connectivity index (χ4v) is 2.11. The Bertz CT molecular complexity index is 550. The predicted octanol–water partition coefficient (Wildman–Crippen LogP) is 3.02. The number of hydrogen-bond donors (Lipinski definition) is 2. The van der Waals surface area contributed by atoms with Gasteiger partial charge in [-0.25, -0.2) is 8.78 Å². The first-order valence-electron chi connectivity index (χ1n) is 6.07. The molecular weight excluding hydrogens is 246 g/mol. The Morgan fingerprint density at radius 2 is 1.74 bits per heavy atom. The summed E-state index contributed by atoms with van der Waals surface area (Å²) in [6.07, 6.45) is 0.575. The van der Waals surface area contributed by atoms with Crippen molar-refractivity contribution in [1.29, 1.82) is 0 Å². The van der Waals surface area contributed by atoms with Crippen LogP contribution in [0.15, 0.2) is 42.5 Å². The summed E-state index contributed by atoms with van der Waals surface area (Å²) in [6, 6.07) is 11.0. The molecule has 2 aromatic carbocycles. The fraction of sp³-hybridized carbons (Fsp3) is 0.200. The van der Waals surface area contributed by atoms with Gasteiger partial charge in [0.15, 0.2) is 0 Å². The molecule has 0 saturated heterocycles. The third-order valence-electron chi connectivity index (χ3n) is 3.17. The molecule has 0 fully saturated rings. The average Bonchev–Trinajstić information content (AvgIpc) is 2.36. The van der Waals surface area contributed by atoms with Gasteiger partial charge in [-0.05, 0) is 42.2 Å². The number of benzene rings is 2. The van der Waals surface area contributed by atoms with E-state index in [1.165, 1.54) is 12.1 Å². The molecule has 0 aromatic heterocycles. The first-order valence-corrected chi connectivity index (χ1v) is 6.07. The molecule has 1 unspecified atom stereocenters. The Labute approximate surface area is 111 Å². The molecule has 0 aliphatic carbocycles. The van der Waals surface area contributed by atoms with Crippen LogP contribution in [0.3, 0.4) is 0 Å². The summed E-state index contributed by atoms with van der Waals surface area (Å²) in [5.74, 6) is 4.31. The van der Waals surface area contributed by atoms with E-state index in [9.17, 15) is 8.78 Å². The molecule has 2 rings (SSSR count). The Kier molecular flexibility index (Phi) is 4.24. The third kappa shape index (κ3) is 3.36. The van der Waals surface area contributed by atoms with Crippen molar-refractivity contribution in [1.82, 2.24) is 5.43 Å². The number of aryl methyl sites for hydroxylation is 1. The van der Waals surface area contributed by atoms with Crippen LogP contribution in [0.2, 0.25) is 0 Å². The molecular formula is C15H16F2N2. The highest BCUT2D eigenvalue weighted by Crippen LogP contribution is 2.21. The van der Waals surface area contributed by atoms with Gasteiger partial charge in [-0.15, -0.1) is 0 Å². The van der Waals surface area contributed by atoms with E-state index in [4.69, 9.17) is 5.84 Å². The van der Waals surface area contributed by atoms with Gasteiger partial charge in [0.25, 0.3) is 0 Å². The molecule has 4 heteroatoms. The largest absolute Gasteiger partial charge is 0.271 e. The zero-order valence-corrected chi connectivity index (χ0v) is 10.7. The number of hydrazine groups is 1. The van der Waals surface area contributed by atoms with E-state index in [1.54, 1.807) is 0 Å². The standard InChI is InChI=1S/C15H16F2N2/c1-10-4-2-3-5-11(10)8-15(19-18)12-6-13(16)9-14(17)7-12/h2-7,9,15,19H,8,18H2,1H3. The van der Waals surface area contributed by atoms with Gasteiger partial charge in [0.1, 0.15) is 11.6 Å². The lowest BCUT2D eigenvalue weighted by Gasteiger charge is -2.18. The zero-order chi connectivity index (χ0) is 13.8. The van der Waals surface area contributed by atoms with Crippen molar-refractivity contribution in [2.45, 2.75) is 19.4 Å². The molecule has 2 nitrogen and oxygen atoms in total. The zero-order valence-electron chi connectivity index (χ0n) is 10.7. The summed E-state index contributed by atoms with van der Waals surface area (Å²) < 4.78 is 26.5. The second-order valence-electron chi connectivity index (χ2n) is 4.55. The van der Waals surface area contributed by atoms with Crippen molar-refractivity contribution in [2.24, 2.45) is 5.84 Å². The summed E-state index contributed by atoms with van der Waals surface area (Å²) in [5, 5.41) is 0. The summed E-state index contributed by atoms with van der Waals surface area (Å²) >= 11 is 0. The molecule has 0 radical (unpaired) electrons. The van der Waals surface area contributed by atoms with Crippen LogP contribution in [-0.2, 0) is 6.42 Å². The summed E-state index contributed by atoms with van der Waals surface area (Å²) in [5.41, 5.74) is 5.34. The topological polar surface area (TPSA) is 38.0 Å². The monoisotopic (exact) mass is 262 g/mol. The van der Waals surface area contributed by atoms with Crippen molar-refractivity contribution < 1.29 is 8.78 Å². The van der Waals surface area contributed by atoms with Crippen LogP contribution in [0, 0.1) is 18.6 Å². The Morgan fingerprint density at radius 1 is 1.11 bits per heavy atom.